The number of benzene rings is 2. The first kappa shape index (κ1) is 23.7. The van der Waals surface area contributed by atoms with Crippen LogP contribution in [-0.2, 0) is 16.1 Å². The van der Waals surface area contributed by atoms with Crippen LogP contribution in [0.4, 0.5) is 10.5 Å². The minimum Gasteiger partial charge on any atom is -0.497 e. The van der Waals surface area contributed by atoms with E-state index in [4.69, 9.17) is 9.47 Å². The van der Waals surface area contributed by atoms with Gasteiger partial charge in [0.1, 0.15) is 11.4 Å². The average Bonchev–Trinajstić information content (AvgIpc) is 2.70. The SMILES string of the molecule is COc1cccc(NC(=O)CN(C)C(=O)c2ccc(CNC(=O)OC(C)(C)C)cc2)c1. The van der Waals surface area contributed by atoms with Gasteiger partial charge in [0.05, 0.1) is 13.7 Å². The molecule has 8 nitrogen and oxygen atoms in total. The molecule has 0 saturated carbocycles. The van der Waals surface area contributed by atoms with Gasteiger partial charge in [-0.3, -0.25) is 9.59 Å². The number of ether oxygens (including phenoxy) is 2. The van der Waals surface area contributed by atoms with Crippen molar-refractivity contribution in [1.29, 1.82) is 0 Å². The van der Waals surface area contributed by atoms with E-state index in [9.17, 15) is 14.4 Å². The van der Waals surface area contributed by atoms with E-state index in [1.165, 1.54) is 4.90 Å². The number of hydrogen-bond donors (Lipinski definition) is 2. The fourth-order valence-electron chi connectivity index (χ4n) is 2.66. The number of rotatable bonds is 7. The van der Waals surface area contributed by atoms with Crippen molar-refractivity contribution < 1.29 is 23.9 Å². The third kappa shape index (κ3) is 8.00. The summed E-state index contributed by atoms with van der Waals surface area (Å²) in [7, 11) is 3.11. The van der Waals surface area contributed by atoms with Crippen molar-refractivity contribution in [3.8, 4) is 5.75 Å². The average molecular weight is 428 g/mol. The number of amides is 3. The van der Waals surface area contributed by atoms with E-state index in [-0.39, 0.29) is 24.9 Å². The largest absolute Gasteiger partial charge is 0.497 e. The van der Waals surface area contributed by atoms with Crippen molar-refractivity contribution in [2.45, 2.75) is 32.9 Å². The van der Waals surface area contributed by atoms with Crippen molar-refractivity contribution in [3.63, 3.8) is 0 Å². The molecule has 0 aromatic heterocycles. The molecule has 2 aromatic carbocycles. The van der Waals surface area contributed by atoms with E-state index < -0.39 is 11.7 Å². The number of nitrogens with one attached hydrogen (secondary N) is 2. The molecule has 8 heteroatoms. The third-order valence-corrected chi connectivity index (χ3v) is 4.12. The second kappa shape index (κ2) is 10.5. The second-order valence-corrected chi connectivity index (χ2v) is 7.99. The normalized spacial score (nSPS) is 10.7. The molecule has 0 aliphatic carbocycles. The molecule has 0 fully saturated rings. The Labute approximate surface area is 182 Å². The Bertz CT molecular complexity index is 920. The van der Waals surface area contributed by atoms with Gasteiger partial charge in [0.25, 0.3) is 5.91 Å². The number of methoxy groups -OCH3 is 1. The summed E-state index contributed by atoms with van der Waals surface area (Å²) in [6.07, 6.45) is -0.505. The first-order chi connectivity index (χ1) is 14.6. The zero-order valence-corrected chi connectivity index (χ0v) is 18.5. The molecule has 0 radical (unpaired) electrons. The summed E-state index contributed by atoms with van der Waals surface area (Å²) in [6.45, 7) is 5.56. The predicted molar refractivity (Wildman–Crippen MR) is 118 cm³/mol. The van der Waals surface area contributed by atoms with Gasteiger partial charge in [-0.05, 0) is 50.6 Å². The summed E-state index contributed by atoms with van der Waals surface area (Å²) >= 11 is 0. The van der Waals surface area contributed by atoms with Crippen LogP contribution in [0, 0.1) is 0 Å². The van der Waals surface area contributed by atoms with Crippen LogP contribution in [0.2, 0.25) is 0 Å². The third-order valence-electron chi connectivity index (χ3n) is 4.12. The summed E-state index contributed by atoms with van der Waals surface area (Å²) in [5.74, 6) is 0.0261. The van der Waals surface area contributed by atoms with Gasteiger partial charge in [-0.2, -0.15) is 0 Å². The lowest BCUT2D eigenvalue weighted by atomic mass is 10.1. The highest BCUT2D eigenvalue weighted by atomic mass is 16.6. The summed E-state index contributed by atoms with van der Waals surface area (Å²) in [5.41, 5.74) is 1.29. The second-order valence-electron chi connectivity index (χ2n) is 7.99. The molecule has 31 heavy (non-hydrogen) atoms. The number of hydrogen-bond acceptors (Lipinski definition) is 5. The standard InChI is InChI=1S/C23H29N3O5/c1-23(2,3)31-22(29)24-14-16-9-11-17(12-10-16)21(28)26(4)15-20(27)25-18-7-6-8-19(13-18)30-5/h6-13H,14-15H2,1-5H3,(H,24,29)(H,25,27). The molecule has 0 unspecified atom stereocenters. The summed E-state index contributed by atoms with van der Waals surface area (Å²) in [4.78, 5) is 37.9. The molecule has 2 aromatic rings. The zero-order chi connectivity index (χ0) is 23.0. The number of carbonyl (C=O) groups is 3. The molecule has 0 atom stereocenters. The van der Waals surface area contributed by atoms with Crippen molar-refractivity contribution in [1.82, 2.24) is 10.2 Å². The van der Waals surface area contributed by atoms with Crippen LogP contribution in [0.25, 0.3) is 0 Å². The van der Waals surface area contributed by atoms with E-state index in [1.54, 1.807) is 83.5 Å². The van der Waals surface area contributed by atoms with Gasteiger partial charge in [-0.1, -0.05) is 18.2 Å². The van der Waals surface area contributed by atoms with Crippen LogP contribution in [0.3, 0.4) is 0 Å². The molecular formula is C23H29N3O5. The maximum absolute atomic E-state index is 12.6. The monoisotopic (exact) mass is 427 g/mol. The summed E-state index contributed by atoms with van der Waals surface area (Å²) in [5, 5.41) is 5.41. The van der Waals surface area contributed by atoms with Gasteiger partial charge in [-0.15, -0.1) is 0 Å². The molecule has 0 bridgehead atoms. The predicted octanol–water partition coefficient (Wildman–Crippen LogP) is 3.43. The first-order valence-electron chi connectivity index (χ1n) is 9.82. The van der Waals surface area contributed by atoms with Crippen LogP contribution >= 0.6 is 0 Å². The molecule has 0 aliphatic rings. The van der Waals surface area contributed by atoms with Gasteiger partial charge < -0.3 is 25.0 Å². The summed E-state index contributed by atoms with van der Waals surface area (Å²) in [6, 6.07) is 13.8. The number of alkyl carbamates (subject to hydrolysis) is 1. The number of carbonyl (C=O) groups excluding carboxylic acids is 3. The Kier molecular flexibility index (Phi) is 8.01. The van der Waals surface area contributed by atoms with Gasteiger partial charge in [-0.25, -0.2) is 4.79 Å². The van der Waals surface area contributed by atoms with E-state index in [1.807, 2.05) is 0 Å². The van der Waals surface area contributed by atoms with Crippen molar-refractivity contribution in [3.05, 3.63) is 59.7 Å². The maximum atomic E-state index is 12.6. The topological polar surface area (TPSA) is 97.0 Å². The van der Waals surface area contributed by atoms with Crippen LogP contribution in [0.15, 0.2) is 48.5 Å². The fraction of sp³-hybridized carbons (Fsp3) is 0.348. The molecular weight excluding hydrogens is 398 g/mol. The highest BCUT2D eigenvalue weighted by molar-refractivity contribution is 5.99. The van der Waals surface area contributed by atoms with E-state index in [0.29, 0.717) is 17.0 Å². The zero-order valence-electron chi connectivity index (χ0n) is 18.5. The molecule has 3 amide bonds. The lowest BCUT2D eigenvalue weighted by Crippen LogP contribution is -2.35. The van der Waals surface area contributed by atoms with Crippen molar-refractivity contribution in [2.75, 3.05) is 26.0 Å². The lowest BCUT2D eigenvalue weighted by molar-refractivity contribution is -0.116. The van der Waals surface area contributed by atoms with Crippen LogP contribution < -0.4 is 15.4 Å². The van der Waals surface area contributed by atoms with E-state index in [2.05, 4.69) is 10.6 Å². The number of likely N-dealkylation sites (N-methyl/N-ethyl adjacent to an activating group) is 1. The minimum atomic E-state index is -0.566. The number of anilines is 1. The summed E-state index contributed by atoms with van der Waals surface area (Å²) < 4.78 is 10.3. The van der Waals surface area contributed by atoms with E-state index >= 15 is 0 Å². The Morgan fingerprint density at radius 3 is 2.32 bits per heavy atom. The molecule has 2 rings (SSSR count). The smallest absolute Gasteiger partial charge is 0.407 e. The fourth-order valence-corrected chi connectivity index (χ4v) is 2.66. The highest BCUT2D eigenvalue weighted by Gasteiger charge is 2.17. The van der Waals surface area contributed by atoms with Crippen molar-refractivity contribution in [2.24, 2.45) is 0 Å². The Morgan fingerprint density at radius 2 is 1.71 bits per heavy atom. The van der Waals surface area contributed by atoms with Crippen molar-refractivity contribution >= 4 is 23.6 Å². The van der Waals surface area contributed by atoms with E-state index in [0.717, 1.165) is 5.56 Å². The van der Waals surface area contributed by atoms with Gasteiger partial charge >= 0.3 is 6.09 Å². The number of nitrogens with zero attached hydrogens (tertiary/aromatic N) is 1. The minimum absolute atomic E-state index is 0.0992. The quantitative estimate of drug-likeness (QED) is 0.706. The van der Waals surface area contributed by atoms with Gasteiger partial charge in [0.2, 0.25) is 5.91 Å². The van der Waals surface area contributed by atoms with Crippen LogP contribution in [0.1, 0.15) is 36.7 Å². The van der Waals surface area contributed by atoms with Crippen LogP contribution in [-0.4, -0.2) is 49.1 Å². The first-order valence-corrected chi connectivity index (χ1v) is 9.82. The molecule has 0 aliphatic heterocycles. The van der Waals surface area contributed by atoms with Crippen LogP contribution in [0.5, 0.6) is 5.75 Å². The molecule has 2 N–H and O–H groups in total. The Morgan fingerprint density at radius 1 is 1.03 bits per heavy atom. The highest BCUT2D eigenvalue weighted by Crippen LogP contribution is 2.16. The van der Waals surface area contributed by atoms with Gasteiger partial charge in [0, 0.05) is 30.9 Å². The molecule has 166 valence electrons. The van der Waals surface area contributed by atoms with Gasteiger partial charge in [0.15, 0.2) is 0 Å². The Balaban J connectivity index is 1.87. The Hall–Kier alpha value is -3.55. The lowest BCUT2D eigenvalue weighted by Gasteiger charge is -2.19. The molecule has 0 heterocycles. The maximum Gasteiger partial charge on any atom is 0.407 e. The molecule has 0 saturated heterocycles. The molecule has 0 spiro atoms.